The van der Waals surface area contributed by atoms with Crippen LogP contribution in [0.15, 0.2) is 17.5 Å². The Labute approximate surface area is 139 Å². The maximum atomic E-state index is 11.8. The molecule has 3 rings (SSSR count). The van der Waals surface area contributed by atoms with E-state index >= 15 is 0 Å². The van der Waals surface area contributed by atoms with Crippen LogP contribution < -0.4 is 10.6 Å². The Balaban J connectivity index is 1.38. The van der Waals surface area contributed by atoms with Crippen molar-refractivity contribution in [3.63, 3.8) is 0 Å². The molecule has 2 N–H and O–H groups in total. The highest BCUT2D eigenvalue weighted by atomic mass is 32.1. The van der Waals surface area contributed by atoms with E-state index in [0.717, 1.165) is 30.6 Å². The largest absolute Gasteiger partial charge is 0.347 e. The van der Waals surface area contributed by atoms with Crippen molar-refractivity contribution < 1.29 is 19.1 Å². The molecule has 1 spiro atoms. The molecule has 7 heteroatoms. The molecule has 0 radical (unpaired) electrons. The van der Waals surface area contributed by atoms with Crippen molar-refractivity contribution in [1.82, 2.24) is 10.6 Å². The lowest BCUT2D eigenvalue weighted by Crippen LogP contribution is -2.43. The fourth-order valence-electron chi connectivity index (χ4n) is 3.02. The molecule has 2 heterocycles. The maximum absolute atomic E-state index is 11.8. The van der Waals surface area contributed by atoms with Gasteiger partial charge in [-0.3, -0.25) is 9.59 Å². The molecule has 1 aliphatic heterocycles. The van der Waals surface area contributed by atoms with Crippen LogP contribution in [0.5, 0.6) is 0 Å². The third-order valence-corrected chi connectivity index (χ3v) is 5.11. The fourth-order valence-corrected chi connectivity index (χ4v) is 3.66. The number of rotatable bonds is 4. The summed E-state index contributed by atoms with van der Waals surface area (Å²) in [5.41, 5.74) is 0. The normalized spacial score (nSPS) is 22.9. The molecule has 0 aromatic carbocycles. The lowest BCUT2D eigenvalue weighted by molar-refractivity contribution is -0.186. The van der Waals surface area contributed by atoms with Crippen molar-refractivity contribution in [3.05, 3.63) is 22.4 Å². The second kappa shape index (κ2) is 7.42. The van der Waals surface area contributed by atoms with Crippen molar-refractivity contribution in [2.24, 2.45) is 0 Å². The molecule has 6 nitrogen and oxygen atoms in total. The van der Waals surface area contributed by atoms with Crippen LogP contribution in [0.1, 0.15) is 37.0 Å². The van der Waals surface area contributed by atoms with E-state index < -0.39 is 17.6 Å². The predicted octanol–water partition coefficient (Wildman–Crippen LogP) is 1.56. The quantitative estimate of drug-likeness (QED) is 0.817. The molecular weight excluding hydrogens is 316 g/mol. The molecule has 1 aromatic heterocycles. The Morgan fingerprint density at radius 2 is 2.00 bits per heavy atom. The molecule has 2 amide bonds. The average Bonchev–Trinajstić information content (AvgIpc) is 3.21. The molecule has 1 saturated carbocycles. The van der Waals surface area contributed by atoms with E-state index in [1.165, 1.54) is 17.8 Å². The summed E-state index contributed by atoms with van der Waals surface area (Å²) in [6.07, 6.45) is 5.11. The average molecular weight is 338 g/mol. The Hall–Kier alpha value is -1.44. The molecule has 1 aliphatic carbocycles. The molecule has 0 unspecified atom stereocenters. The van der Waals surface area contributed by atoms with Crippen molar-refractivity contribution >= 4 is 23.2 Å². The standard InChI is InChI=1S/C16H22N2O4S/c19-14(15(20)18-10-13-5-4-8-23-13)17-9-12-11-21-16(22-12)6-2-1-3-7-16/h4-5,8,12H,1-3,6-7,9-11H2,(H,17,19)(H,18,20)/t12-/m0/s1. The minimum atomic E-state index is -0.630. The van der Waals surface area contributed by atoms with Crippen LogP contribution in [0.3, 0.4) is 0 Å². The molecule has 1 aromatic rings. The van der Waals surface area contributed by atoms with Crippen LogP contribution in [-0.4, -0.2) is 36.9 Å². The van der Waals surface area contributed by atoms with Crippen molar-refractivity contribution in [2.75, 3.05) is 13.2 Å². The second-order valence-electron chi connectivity index (χ2n) is 5.99. The topological polar surface area (TPSA) is 76.7 Å². The van der Waals surface area contributed by atoms with E-state index in [9.17, 15) is 9.59 Å². The fraction of sp³-hybridized carbons (Fsp3) is 0.625. The van der Waals surface area contributed by atoms with Crippen LogP contribution in [0.2, 0.25) is 0 Å². The summed E-state index contributed by atoms with van der Waals surface area (Å²) >= 11 is 1.54. The lowest BCUT2D eigenvalue weighted by atomic mass is 9.94. The van der Waals surface area contributed by atoms with Gasteiger partial charge < -0.3 is 20.1 Å². The van der Waals surface area contributed by atoms with E-state index in [2.05, 4.69) is 10.6 Å². The first-order chi connectivity index (χ1) is 11.2. The van der Waals surface area contributed by atoms with Gasteiger partial charge in [0.05, 0.1) is 13.2 Å². The first-order valence-corrected chi connectivity index (χ1v) is 8.95. The smallest absolute Gasteiger partial charge is 0.309 e. The summed E-state index contributed by atoms with van der Waals surface area (Å²) in [4.78, 5) is 24.6. The van der Waals surface area contributed by atoms with Gasteiger partial charge in [0.1, 0.15) is 6.10 Å². The summed E-state index contributed by atoms with van der Waals surface area (Å²) in [5.74, 6) is -1.70. The van der Waals surface area contributed by atoms with Gasteiger partial charge in [-0.05, 0) is 24.3 Å². The first-order valence-electron chi connectivity index (χ1n) is 8.07. The zero-order valence-corrected chi connectivity index (χ0v) is 13.8. The van der Waals surface area contributed by atoms with E-state index in [0.29, 0.717) is 19.7 Å². The van der Waals surface area contributed by atoms with Gasteiger partial charge in [-0.25, -0.2) is 0 Å². The van der Waals surface area contributed by atoms with E-state index in [4.69, 9.17) is 9.47 Å². The summed E-state index contributed by atoms with van der Waals surface area (Å²) in [6.45, 7) is 1.14. The third kappa shape index (κ3) is 4.31. The summed E-state index contributed by atoms with van der Waals surface area (Å²) in [6, 6.07) is 3.82. The number of carbonyl (C=O) groups is 2. The van der Waals surface area contributed by atoms with Crippen molar-refractivity contribution in [3.8, 4) is 0 Å². The zero-order chi connectivity index (χ0) is 16.1. The Morgan fingerprint density at radius 3 is 2.74 bits per heavy atom. The van der Waals surface area contributed by atoms with E-state index in [-0.39, 0.29) is 6.10 Å². The monoisotopic (exact) mass is 338 g/mol. The highest BCUT2D eigenvalue weighted by Gasteiger charge is 2.42. The number of thiophene rings is 1. The molecular formula is C16H22N2O4S. The molecule has 2 fully saturated rings. The predicted molar refractivity (Wildman–Crippen MR) is 85.8 cm³/mol. The Bertz CT molecular complexity index is 540. The molecule has 0 bridgehead atoms. The SMILES string of the molecule is O=C(NCc1cccs1)C(=O)NC[C@H]1COC2(CCCCC2)O1. The highest BCUT2D eigenvalue weighted by molar-refractivity contribution is 7.09. The van der Waals surface area contributed by atoms with Gasteiger partial charge >= 0.3 is 11.8 Å². The van der Waals surface area contributed by atoms with Gasteiger partial charge in [-0.1, -0.05) is 12.5 Å². The van der Waals surface area contributed by atoms with E-state index in [1.54, 1.807) is 0 Å². The number of amides is 2. The van der Waals surface area contributed by atoms with Gasteiger partial charge in [-0.2, -0.15) is 0 Å². The highest BCUT2D eigenvalue weighted by Crippen LogP contribution is 2.37. The minimum Gasteiger partial charge on any atom is -0.347 e. The number of nitrogens with one attached hydrogen (secondary N) is 2. The summed E-state index contributed by atoms with van der Waals surface area (Å²) < 4.78 is 11.8. The van der Waals surface area contributed by atoms with Gasteiger partial charge in [0.15, 0.2) is 5.79 Å². The molecule has 23 heavy (non-hydrogen) atoms. The van der Waals surface area contributed by atoms with Crippen LogP contribution in [0.25, 0.3) is 0 Å². The number of carbonyl (C=O) groups excluding carboxylic acids is 2. The van der Waals surface area contributed by atoms with Gasteiger partial charge in [0.2, 0.25) is 0 Å². The molecule has 126 valence electrons. The van der Waals surface area contributed by atoms with Gasteiger partial charge in [0, 0.05) is 24.3 Å². The summed E-state index contributed by atoms with van der Waals surface area (Å²) in [7, 11) is 0. The molecule has 2 aliphatic rings. The number of hydrogen-bond acceptors (Lipinski definition) is 5. The Kier molecular flexibility index (Phi) is 5.30. The molecule has 1 saturated heterocycles. The summed E-state index contributed by atoms with van der Waals surface area (Å²) in [5, 5.41) is 7.16. The lowest BCUT2D eigenvalue weighted by Gasteiger charge is -2.31. The maximum Gasteiger partial charge on any atom is 0.309 e. The van der Waals surface area contributed by atoms with Gasteiger partial charge in [-0.15, -0.1) is 11.3 Å². The minimum absolute atomic E-state index is 0.179. The van der Waals surface area contributed by atoms with Crippen LogP contribution in [0.4, 0.5) is 0 Å². The van der Waals surface area contributed by atoms with Gasteiger partial charge in [0.25, 0.3) is 0 Å². The Morgan fingerprint density at radius 1 is 1.22 bits per heavy atom. The van der Waals surface area contributed by atoms with Crippen LogP contribution >= 0.6 is 11.3 Å². The molecule has 1 atom stereocenters. The second-order valence-corrected chi connectivity index (χ2v) is 7.03. The van der Waals surface area contributed by atoms with Crippen LogP contribution in [-0.2, 0) is 25.6 Å². The van der Waals surface area contributed by atoms with Crippen LogP contribution in [0, 0.1) is 0 Å². The van der Waals surface area contributed by atoms with Crippen molar-refractivity contribution in [1.29, 1.82) is 0 Å². The van der Waals surface area contributed by atoms with E-state index in [1.807, 2.05) is 17.5 Å². The first kappa shape index (κ1) is 16.4. The zero-order valence-electron chi connectivity index (χ0n) is 13.0. The van der Waals surface area contributed by atoms with Crippen molar-refractivity contribution in [2.45, 2.75) is 50.5 Å². The third-order valence-electron chi connectivity index (χ3n) is 4.23. The number of ether oxygens (including phenoxy) is 2. The number of hydrogen-bond donors (Lipinski definition) is 2.